The van der Waals surface area contributed by atoms with E-state index in [4.69, 9.17) is 9.47 Å². The van der Waals surface area contributed by atoms with E-state index in [1.165, 1.54) is 0 Å². The molecule has 2 amide bonds. The van der Waals surface area contributed by atoms with Gasteiger partial charge < -0.3 is 25.0 Å². The maximum atomic E-state index is 12.1. The zero-order chi connectivity index (χ0) is 17.8. The second kappa shape index (κ2) is 7.47. The van der Waals surface area contributed by atoms with E-state index < -0.39 is 0 Å². The molecule has 2 aliphatic rings. The van der Waals surface area contributed by atoms with Gasteiger partial charge in [-0.2, -0.15) is 0 Å². The third-order valence-electron chi connectivity index (χ3n) is 4.57. The minimum Gasteiger partial charge on any atom is -0.454 e. The highest BCUT2D eigenvalue weighted by molar-refractivity contribution is 5.74. The van der Waals surface area contributed by atoms with Gasteiger partial charge in [0.25, 0.3) is 0 Å². The molecule has 26 heavy (non-hydrogen) atoms. The van der Waals surface area contributed by atoms with E-state index in [-0.39, 0.29) is 18.9 Å². The zero-order valence-corrected chi connectivity index (χ0v) is 14.4. The van der Waals surface area contributed by atoms with Crippen LogP contribution in [-0.4, -0.2) is 41.9 Å². The zero-order valence-electron chi connectivity index (χ0n) is 14.4. The van der Waals surface area contributed by atoms with Crippen molar-refractivity contribution in [2.75, 3.05) is 24.8 Å². The Morgan fingerprint density at radius 3 is 2.92 bits per heavy atom. The summed E-state index contributed by atoms with van der Waals surface area (Å²) < 4.78 is 10.6. The summed E-state index contributed by atoms with van der Waals surface area (Å²) in [5, 5.41) is 5.82. The van der Waals surface area contributed by atoms with Crippen LogP contribution in [0.2, 0.25) is 0 Å². The highest BCUT2D eigenvalue weighted by Gasteiger charge is 2.26. The number of hydrogen-bond donors (Lipinski definition) is 2. The summed E-state index contributed by atoms with van der Waals surface area (Å²) in [6.07, 6.45) is 5.57. The van der Waals surface area contributed by atoms with Gasteiger partial charge in [-0.3, -0.25) is 0 Å². The van der Waals surface area contributed by atoms with Gasteiger partial charge in [0, 0.05) is 38.1 Å². The third kappa shape index (κ3) is 3.63. The van der Waals surface area contributed by atoms with Crippen LogP contribution in [0.3, 0.4) is 0 Å². The van der Waals surface area contributed by atoms with Crippen molar-refractivity contribution < 1.29 is 14.3 Å². The molecule has 8 nitrogen and oxygen atoms in total. The number of hydrogen-bond acceptors (Lipinski definition) is 6. The SMILES string of the molecule is O=C(NCc1ccc2c(c1)OCO2)NC[C@@H]1CCCN1c1ncccn1. The fourth-order valence-electron chi connectivity index (χ4n) is 3.26. The Bertz CT molecular complexity index is 771. The van der Waals surface area contributed by atoms with Crippen LogP contribution >= 0.6 is 0 Å². The number of amides is 2. The van der Waals surface area contributed by atoms with Crippen molar-refractivity contribution in [2.45, 2.75) is 25.4 Å². The lowest BCUT2D eigenvalue weighted by atomic mass is 10.2. The number of carbonyl (C=O) groups is 1. The number of nitrogens with one attached hydrogen (secondary N) is 2. The molecule has 1 atom stereocenters. The number of fused-ring (bicyclic) bond motifs is 1. The van der Waals surface area contributed by atoms with Crippen molar-refractivity contribution in [3.8, 4) is 11.5 Å². The molecule has 2 aromatic rings. The molecule has 4 rings (SSSR count). The Balaban J connectivity index is 1.26. The first-order chi connectivity index (χ1) is 12.8. The number of anilines is 1. The van der Waals surface area contributed by atoms with Gasteiger partial charge in [0.1, 0.15) is 0 Å². The number of nitrogens with zero attached hydrogens (tertiary/aromatic N) is 3. The first kappa shape index (κ1) is 16.4. The van der Waals surface area contributed by atoms with E-state index in [9.17, 15) is 4.79 Å². The topological polar surface area (TPSA) is 88.6 Å². The van der Waals surface area contributed by atoms with Gasteiger partial charge in [0.2, 0.25) is 12.7 Å². The van der Waals surface area contributed by atoms with Gasteiger partial charge in [0.15, 0.2) is 11.5 Å². The van der Waals surface area contributed by atoms with Crippen LogP contribution < -0.4 is 25.0 Å². The second-order valence-electron chi connectivity index (χ2n) is 6.29. The van der Waals surface area contributed by atoms with Crippen molar-refractivity contribution in [2.24, 2.45) is 0 Å². The van der Waals surface area contributed by atoms with E-state index in [0.29, 0.717) is 18.8 Å². The Morgan fingerprint density at radius 1 is 1.19 bits per heavy atom. The van der Waals surface area contributed by atoms with Crippen LogP contribution in [0, 0.1) is 0 Å². The fraction of sp³-hybridized carbons (Fsp3) is 0.389. The smallest absolute Gasteiger partial charge is 0.315 e. The first-order valence-corrected chi connectivity index (χ1v) is 8.73. The normalized spacial score (nSPS) is 18.0. The number of benzene rings is 1. The lowest BCUT2D eigenvalue weighted by molar-refractivity contribution is 0.174. The number of rotatable bonds is 5. The average Bonchev–Trinajstić information content (AvgIpc) is 3.34. The van der Waals surface area contributed by atoms with E-state index in [1.54, 1.807) is 18.5 Å². The van der Waals surface area contributed by atoms with E-state index >= 15 is 0 Å². The lowest BCUT2D eigenvalue weighted by Gasteiger charge is -2.24. The molecule has 2 aliphatic heterocycles. The van der Waals surface area contributed by atoms with Crippen molar-refractivity contribution in [3.05, 3.63) is 42.2 Å². The predicted molar refractivity (Wildman–Crippen MR) is 95.2 cm³/mol. The molecular weight excluding hydrogens is 334 g/mol. The van der Waals surface area contributed by atoms with Crippen molar-refractivity contribution >= 4 is 12.0 Å². The van der Waals surface area contributed by atoms with Gasteiger partial charge >= 0.3 is 6.03 Å². The van der Waals surface area contributed by atoms with Crippen molar-refractivity contribution in [1.82, 2.24) is 20.6 Å². The summed E-state index contributed by atoms with van der Waals surface area (Å²) in [7, 11) is 0. The summed E-state index contributed by atoms with van der Waals surface area (Å²) in [5.41, 5.74) is 0.963. The molecule has 0 aliphatic carbocycles. The number of aromatic nitrogens is 2. The van der Waals surface area contributed by atoms with Gasteiger partial charge in [-0.25, -0.2) is 14.8 Å². The maximum absolute atomic E-state index is 12.1. The maximum Gasteiger partial charge on any atom is 0.315 e. The number of ether oxygens (including phenoxy) is 2. The highest BCUT2D eigenvalue weighted by Crippen LogP contribution is 2.32. The molecular formula is C18H21N5O3. The molecule has 2 N–H and O–H groups in total. The fourth-order valence-corrected chi connectivity index (χ4v) is 3.26. The largest absolute Gasteiger partial charge is 0.454 e. The van der Waals surface area contributed by atoms with E-state index in [1.807, 2.05) is 18.2 Å². The third-order valence-corrected chi connectivity index (χ3v) is 4.57. The van der Waals surface area contributed by atoms with Crippen LogP contribution in [0.4, 0.5) is 10.7 Å². The number of carbonyl (C=O) groups excluding carboxylic acids is 1. The first-order valence-electron chi connectivity index (χ1n) is 8.73. The Kier molecular flexibility index (Phi) is 4.72. The van der Waals surface area contributed by atoms with Gasteiger partial charge in [-0.15, -0.1) is 0 Å². The lowest BCUT2D eigenvalue weighted by Crippen LogP contribution is -2.44. The van der Waals surface area contributed by atoms with Crippen LogP contribution in [0.25, 0.3) is 0 Å². The Hall–Kier alpha value is -3.03. The predicted octanol–water partition coefficient (Wildman–Crippen LogP) is 1.67. The molecule has 0 bridgehead atoms. The monoisotopic (exact) mass is 355 g/mol. The summed E-state index contributed by atoms with van der Waals surface area (Å²) in [6, 6.07) is 7.48. The minimum absolute atomic E-state index is 0.191. The minimum atomic E-state index is -0.191. The summed E-state index contributed by atoms with van der Waals surface area (Å²) >= 11 is 0. The van der Waals surface area contributed by atoms with Crippen LogP contribution in [0.1, 0.15) is 18.4 Å². The van der Waals surface area contributed by atoms with Crippen LogP contribution in [0.15, 0.2) is 36.7 Å². The van der Waals surface area contributed by atoms with E-state index in [0.717, 1.165) is 36.6 Å². The quantitative estimate of drug-likeness (QED) is 0.848. The van der Waals surface area contributed by atoms with Crippen molar-refractivity contribution in [1.29, 1.82) is 0 Å². The number of urea groups is 1. The standard InChI is InChI=1S/C18H21N5O3/c24-18(21-10-13-4-5-15-16(9-13)26-12-25-15)22-11-14-3-1-8-23(14)17-19-6-2-7-20-17/h2,4-7,9,14H,1,3,8,10-12H2,(H2,21,22,24)/t14-/m0/s1. The molecule has 1 fully saturated rings. The Morgan fingerprint density at radius 2 is 2.04 bits per heavy atom. The molecule has 136 valence electrons. The molecule has 1 aromatic heterocycles. The molecule has 8 heteroatoms. The molecule has 0 unspecified atom stereocenters. The summed E-state index contributed by atoms with van der Waals surface area (Å²) in [6.45, 7) is 2.15. The second-order valence-corrected chi connectivity index (χ2v) is 6.29. The van der Waals surface area contributed by atoms with Crippen LogP contribution in [-0.2, 0) is 6.54 Å². The summed E-state index contributed by atoms with van der Waals surface area (Å²) in [5.74, 6) is 2.18. The molecule has 0 spiro atoms. The molecule has 1 saturated heterocycles. The van der Waals surface area contributed by atoms with Gasteiger partial charge in [0.05, 0.1) is 0 Å². The highest BCUT2D eigenvalue weighted by atomic mass is 16.7. The Labute approximate surface area is 151 Å². The average molecular weight is 355 g/mol. The summed E-state index contributed by atoms with van der Waals surface area (Å²) in [4.78, 5) is 22.9. The molecule has 0 radical (unpaired) electrons. The van der Waals surface area contributed by atoms with E-state index in [2.05, 4.69) is 25.5 Å². The molecule has 0 saturated carbocycles. The van der Waals surface area contributed by atoms with Gasteiger partial charge in [-0.05, 0) is 36.6 Å². The molecule has 3 heterocycles. The van der Waals surface area contributed by atoms with Gasteiger partial charge in [-0.1, -0.05) is 6.07 Å². The van der Waals surface area contributed by atoms with Crippen molar-refractivity contribution in [3.63, 3.8) is 0 Å². The van der Waals surface area contributed by atoms with Crippen LogP contribution in [0.5, 0.6) is 11.5 Å². The molecule has 1 aromatic carbocycles.